The SMILES string of the molecule is NCC1(O)C[C@H]2CN(c3cnc(-c4cccc(Cl)c4Cl)c(N)n3)C[C@H]2C1. The van der Waals surface area contributed by atoms with Crippen molar-refractivity contribution in [3.8, 4) is 11.3 Å². The molecular formula is C18H21Cl2N5O. The fourth-order valence-corrected chi connectivity index (χ4v) is 4.64. The van der Waals surface area contributed by atoms with Crippen molar-refractivity contribution in [2.45, 2.75) is 18.4 Å². The van der Waals surface area contributed by atoms with Gasteiger partial charge < -0.3 is 21.5 Å². The lowest BCUT2D eigenvalue weighted by Gasteiger charge is -2.25. The number of anilines is 2. The summed E-state index contributed by atoms with van der Waals surface area (Å²) < 4.78 is 0. The van der Waals surface area contributed by atoms with E-state index in [1.165, 1.54) is 0 Å². The fourth-order valence-electron chi connectivity index (χ4n) is 4.25. The Bertz CT molecular complexity index is 832. The molecule has 3 atom stereocenters. The van der Waals surface area contributed by atoms with Crippen LogP contribution in [-0.2, 0) is 0 Å². The Hall–Kier alpha value is -1.60. The number of hydrogen-bond acceptors (Lipinski definition) is 6. The summed E-state index contributed by atoms with van der Waals surface area (Å²) in [6.45, 7) is 1.98. The second-order valence-corrected chi connectivity index (χ2v) is 8.11. The van der Waals surface area contributed by atoms with Gasteiger partial charge in [-0.1, -0.05) is 35.3 Å². The van der Waals surface area contributed by atoms with Crippen LogP contribution in [0.15, 0.2) is 24.4 Å². The van der Waals surface area contributed by atoms with Crippen LogP contribution in [0.1, 0.15) is 12.8 Å². The van der Waals surface area contributed by atoms with E-state index in [2.05, 4.69) is 14.9 Å². The first kappa shape index (κ1) is 17.8. The summed E-state index contributed by atoms with van der Waals surface area (Å²) >= 11 is 12.4. The topological polar surface area (TPSA) is 101 Å². The summed E-state index contributed by atoms with van der Waals surface area (Å²) in [7, 11) is 0. The molecule has 2 aromatic rings. The Balaban J connectivity index is 1.56. The van der Waals surface area contributed by atoms with Crippen molar-refractivity contribution < 1.29 is 5.11 Å². The Kier molecular flexibility index (Phi) is 4.47. The number of benzene rings is 1. The normalized spacial score (nSPS) is 27.8. The third-order valence-corrected chi connectivity index (χ3v) is 6.38. The predicted octanol–water partition coefficient (Wildman–Crippen LogP) is 2.57. The van der Waals surface area contributed by atoms with Gasteiger partial charge in [-0.05, 0) is 30.7 Å². The molecule has 0 spiro atoms. The van der Waals surface area contributed by atoms with E-state index < -0.39 is 5.60 Å². The Morgan fingerprint density at radius 3 is 2.54 bits per heavy atom. The van der Waals surface area contributed by atoms with Gasteiger partial charge in [-0.15, -0.1) is 0 Å². The number of nitrogens with zero attached hydrogens (tertiary/aromatic N) is 3. The summed E-state index contributed by atoms with van der Waals surface area (Å²) in [6.07, 6.45) is 3.20. The van der Waals surface area contributed by atoms with Crippen molar-refractivity contribution in [3.05, 3.63) is 34.4 Å². The molecule has 4 rings (SSSR count). The van der Waals surface area contributed by atoms with Gasteiger partial charge >= 0.3 is 0 Å². The van der Waals surface area contributed by atoms with Crippen LogP contribution in [0.4, 0.5) is 11.6 Å². The lowest BCUT2D eigenvalue weighted by atomic mass is 10.0. The van der Waals surface area contributed by atoms with Crippen molar-refractivity contribution in [1.29, 1.82) is 0 Å². The number of rotatable bonds is 3. The van der Waals surface area contributed by atoms with Crippen LogP contribution >= 0.6 is 23.2 Å². The summed E-state index contributed by atoms with van der Waals surface area (Å²) in [5.74, 6) is 1.92. The van der Waals surface area contributed by atoms with Gasteiger partial charge in [-0.2, -0.15) is 0 Å². The van der Waals surface area contributed by atoms with E-state index in [0.29, 0.717) is 45.5 Å². The molecule has 1 saturated heterocycles. The highest BCUT2D eigenvalue weighted by Gasteiger charge is 2.47. The molecule has 5 N–H and O–H groups in total. The lowest BCUT2D eigenvalue weighted by Crippen LogP contribution is -2.37. The van der Waals surface area contributed by atoms with E-state index in [1.54, 1.807) is 18.3 Å². The van der Waals surface area contributed by atoms with E-state index in [4.69, 9.17) is 34.7 Å². The van der Waals surface area contributed by atoms with Crippen molar-refractivity contribution in [2.24, 2.45) is 17.6 Å². The molecule has 2 heterocycles. The number of fused-ring (bicyclic) bond motifs is 1. The highest BCUT2D eigenvalue weighted by molar-refractivity contribution is 6.43. The molecule has 1 aromatic carbocycles. The third kappa shape index (κ3) is 3.01. The standard InChI is InChI=1S/C18H21Cl2N5O/c19-13-3-1-2-12(15(13)20)16-17(22)24-14(6-23-16)25-7-10-4-18(26,9-21)5-11(10)8-25/h1-3,6,10-11,26H,4-5,7-9,21H2,(H2,22,24)/t10-,11+,18?. The second kappa shape index (κ2) is 6.53. The molecule has 2 aliphatic rings. The van der Waals surface area contributed by atoms with Crippen molar-refractivity contribution in [1.82, 2.24) is 9.97 Å². The van der Waals surface area contributed by atoms with E-state index >= 15 is 0 Å². The van der Waals surface area contributed by atoms with Gasteiger partial charge in [0, 0.05) is 25.2 Å². The highest BCUT2D eigenvalue weighted by atomic mass is 35.5. The molecule has 1 aromatic heterocycles. The van der Waals surface area contributed by atoms with Crippen LogP contribution in [0.5, 0.6) is 0 Å². The zero-order valence-electron chi connectivity index (χ0n) is 14.2. The smallest absolute Gasteiger partial charge is 0.152 e. The van der Waals surface area contributed by atoms with Crippen LogP contribution in [0.2, 0.25) is 10.0 Å². The van der Waals surface area contributed by atoms with Crippen molar-refractivity contribution >= 4 is 34.8 Å². The first-order valence-corrected chi connectivity index (χ1v) is 9.40. The first-order chi connectivity index (χ1) is 12.4. The van der Waals surface area contributed by atoms with Gasteiger partial charge in [0.1, 0.15) is 11.5 Å². The number of hydrogen-bond donors (Lipinski definition) is 3. The molecule has 0 radical (unpaired) electrons. The number of nitrogen functional groups attached to an aromatic ring is 1. The van der Waals surface area contributed by atoms with Gasteiger partial charge in [0.05, 0.1) is 21.8 Å². The molecule has 0 bridgehead atoms. The molecule has 6 nitrogen and oxygen atoms in total. The van der Waals surface area contributed by atoms with Crippen LogP contribution in [0.3, 0.4) is 0 Å². The minimum atomic E-state index is -0.709. The lowest BCUT2D eigenvalue weighted by molar-refractivity contribution is 0.0492. The zero-order valence-corrected chi connectivity index (χ0v) is 15.7. The largest absolute Gasteiger partial charge is 0.389 e. The average Bonchev–Trinajstić information content (AvgIpc) is 3.13. The van der Waals surface area contributed by atoms with Gasteiger partial charge in [0.2, 0.25) is 0 Å². The number of nitrogens with two attached hydrogens (primary N) is 2. The van der Waals surface area contributed by atoms with Crippen LogP contribution < -0.4 is 16.4 Å². The van der Waals surface area contributed by atoms with Crippen LogP contribution in [-0.4, -0.2) is 40.3 Å². The molecule has 0 amide bonds. The van der Waals surface area contributed by atoms with Crippen molar-refractivity contribution in [3.63, 3.8) is 0 Å². The fraction of sp³-hybridized carbons (Fsp3) is 0.444. The van der Waals surface area contributed by atoms with Gasteiger partial charge in [-0.25, -0.2) is 9.97 Å². The summed E-state index contributed by atoms with van der Waals surface area (Å²) in [6, 6.07) is 5.35. The molecule has 138 valence electrons. The Morgan fingerprint density at radius 1 is 1.23 bits per heavy atom. The first-order valence-electron chi connectivity index (χ1n) is 8.64. The predicted molar refractivity (Wildman–Crippen MR) is 104 cm³/mol. The second-order valence-electron chi connectivity index (χ2n) is 7.33. The van der Waals surface area contributed by atoms with Crippen LogP contribution in [0.25, 0.3) is 11.3 Å². The number of halogens is 2. The van der Waals surface area contributed by atoms with E-state index in [1.807, 2.05) is 6.07 Å². The minimum Gasteiger partial charge on any atom is -0.389 e. The van der Waals surface area contributed by atoms with Crippen LogP contribution in [0, 0.1) is 11.8 Å². The monoisotopic (exact) mass is 393 g/mol. The van der Waals surface area contributed by atoms with E-state index in [9.17, 15) is 5.11 Å². The van der Waals surface area contributed by atoms with Gasteiger partial charge in [-0.3, -0.25) is 0 Å². The highest BCUT2D eigenvalue weighted by Crippen LogP contribution is 2.44. The van der Waals surface area contributed by atoms with E-state index in [-0.39, 0.29) is 0 Å². The zero-order chi connectivity index (χ0) is 18.5. The average molecular weight is 394 g/mol. The molecule has 1 saturated carbocycles. The molecule has 1 unspecified atom stereocenters. The molecule has 2 fully saturated rings. The third-order valence-electron chi connectivity index (χ3n) is 5.56. The molecular weight excluding hydrogens is 373 g/mol. The van der Waals surface area contributed by atoms with Crippen molar-refractivity contribution in [2.75, 3.05) is 30.3 Å². The number of aliphatic hydroxyl groups is 1. The maximum atomic E-state index is 10.4. The number of aromatic nitrogens is 2. The molecule has 1 aliphatic heterocycles. The summed E-state index contributed by atoms with van der Waals surface area (Å²) in [5.41, 5.74) is 12.4. The maximum Gasteiger partial charge on any atom is 0.152 e. The quantitative estimate of drug-likeness (QED) is 0.740. The molecule has 1 aliphatic carbocycles. The molecule has 26 heavy (non-hydrogen) atoms. The van der Waals surface area contributed by atoms with Gasteiger partial charge in [0.25, 0.3) is 0 Å². The Labute approximate surface area is 162 Å². The Morgan fingerprint density at radius 2 is 1.92 bits per heavy atom. The van der Waals surface area contributed by atoms with E-state index in [0.717, 1.165) is 31.7 Å². The summed E-state index contributed by atoms with van der Waals surface area (Å²) in [4.78, 5) is 11.2. The van der Waals surface area contributed by atoms with Gasteiger partial charge in [0.15, 0.2) is 5.82 Å². The minimum absolute atomic E-state index is 0.321. The maximum absolute atomic E-state index is 10.4. The molecule has 8 heteroatoms. The summed E-state index contributed by atoms with van der Waals surface area (Å²) in [5, 5.41) is 11.3.